The third-order valence-corrected chi connectivity index (χ3v) is 3.84. The van der Waals surface area contributed by atoms with Crippen LogP contribution in [0, 0.1) is 6.92 Å². The molecule has 0 unspecified atom stereocenters. The third-order valence-electron chi connectivity index (χ3n) is 3.59. The molecule has 1 aromatic heterocycles. The van der Waals surface area contributed by atoms with Crippen LogP contribution in [0.5, 0.6) is 5.75 Å². The van der Waals surface area contributed by atoms with Crippen LogP contribution in [0.15, 0.2) is 54.6 Å². The number of ether oxygens (including phenoxy) is 1. The summed E-state index contributed by atoms with van der Waals surface area (Å²) in [6, 6.07) is 17.3. The summed E-state index contributed by atoms with van der Waals surface area (Å²) in [5, 5.41) is 7.24. The molecule has 128 valence electrons. The monoisotopic (exact) mass is 354 g/mol. The van der Waals surface area contributed by atoms with E-state index in [0.717, 1.165) is 27.7 Å². The lowest BCUT2D eigenvalue weighted by Crippen LogP contribution is -2.06. The molecule has 6 heteroatoms. The Morgan fingerprint density at radius 2 is 1.80 bits per heavy atom. The van der Waals surface area contributed by atoms with Crippen molar-refractivity contribution in [3.8, 4) is 5.75 Å². The molecule has 3 aromatic rings. The molecule has 0 radical (unpaired) electrons. The first kappa shape index (κ1) is 17.0. The average molecular weight is 355 g/mol. The molecule has 0 atom stereocenters. The van der Waals surface area contributed by atoms with Crippen LogP contribution in [0.25, 0.3) is 0 Å². The zero-order valence-electron chi connectivity index (χ0n) is 14.1. The van der Waals surface area contributed by atoms with Crippen molar-refractivity contribution in [3.63, 3.8) is 0 Å². The van der Waals surface area contributed by atoms with Gasteiger partial charge in [0.05, 0.1) is 12.8 Å². The fourth-order valence-electron chi connectivity index (χ4n) is 2.38. The lowest BCUT2D eigenvalue weighted by Gasteiger charge is -2.12. The zero-order valence-corrected chi connectivity index (χ0v) is 14.8. The lowest BCUT2D eigenvalue weighted by molar-refractivity contribution is 0.417. The van der Waals surface area contributed by atoms with Gasteiger partial charge in [0.15, 0.2) is 0 Å². The minimum atomic E-state index is 0.562. The van der Waals surface area contributed by atoms with Gasteiger partial charge in [-0.2, -0.15) is 4.98 Å². The molecule has 0 aliphatic heterocycles. The van der Waals surface area contributed by atoms with Crippen molar-refractivity contribution in [2.45, 2.75) is 13.5 Å². The Hall–Kier alpha value is -2.79. The Morgan fingerprint density at radius 1 is 1.04 bits per heavy atom. The number of rotatable bonds is 6. The van der Waals surface area contributed by atoms with Crippen LogP contribution in [0.1, 0.15) is 11.3 Å². The zero-order chi connectivity index (χ0) is 17.6. The summed E-state index contributed by atoms with van der Waals surface area (Å²) in [5.41, 5.74) is 2.83. The van der Waals surface area contributed by atoms with E-state index in [9.17, 15) is 0 Å². The number of anilines is 3. The van der Waals surface area contributed by atoms with Crippen molar-refractivity contribution in [3.05, 3.63) is 70.9 Å². The first-order valence-corrected chi connectivity index (χ1v) is 8.26. The highest BCUT2D eigenvalue weighted by atomic mass is 35.5. The van der Waals surface area contributed by atoms with E-state index < -0.39 is 0 Å². The number of nitrogens with zero attached hydrogens (tertiary/aromatic N) is 2. The van der Waals surface area contributed by atoms with Gasteiger partial charge in [-0.3, -0.25) is 0 Å². The Kier molecular flexibility index (Phi) is 5.36. The molecule has 5 nitrogen and oxygen atoms in total. The minimum Gasteiger partial charge on any atom is -0.495 e. The maximum absolute atomic E-state index is 5.91. The molecular weight excluding hydrogens is 336 g/mol. The average Bonchev–Trinajstić information content (AvgIpc) is 2.61. The fourth-order valence-corrected chi connectivity index (χ4v) is 2.51. The number of benzene rings is 2. The summed E-state index contributed by atoms with van der Waals surface area (Å²) in [6.07, 6.45) is 0. The van der Waals surface area contributed by atoms with Crippen molar-refractivity contribution in [1.29, 1.82) is 0 Å². The van der Waals surface area contributed by atoms with E-state index in [1.54, 1.807) is 7.11 Å². The van der Waals surface area contributed by atoms with E-state index >= 15 is 0 Å². The number of methoxy groups -OCH3 is 1. The van der Waals surface area contributed by atoms with Crippen molar-refractivity contribution in [1.82, 2.24) is 9.97 Å². The molecule has 1 heterocycles. The first-order chi connectivity index (χ1) is 12.1. The number of halogens is 1. The summed E-state index contributed by atoms with van der Waals surface area (Å²) >= 11 is 5.91. The van der Waals surface area contributed by atoms with Crippen LogP contribution in [-0.2, 0) is 6.54 Å². The predicted molar refractivity (Wildman–Crippen MR) is 102 cm³/mol. The number of para-hydroxylation sites is 2. The quantitative estimate of drug-likeness (QED) is 0.665. The molecule has 2 aromatic carbocycles. The van der Waals surface area contributed by atoms with Gasteiger partial charge in [-0.05, 0) is 36.8 Å². The van der Waals surface area contributed by atoms with Gasteiger partial charge in [-0.15, -0.1) is 0 Å². The molecular formula is C19H19ClN4O. The maximum Gasteiger partial charge on any atom is 0.225 e. The molecule has 0 saturated heterocycles. The van der Waals surface area contributed by atoms with Crippen LogP contribution in [0.3, 0.4) is 0 Å². The molecule has 25 heavy (non-hydrogen) atoms. The van der Waals surface area contributed by atoms with Crippen molar-refractivity contribution in [2.75, 3.05) is 17.7 Å². The SMILES string of the molecule is COc1ccccc1Nc1cc(C)nc(NCc2ccc(Cl)cc2)n1. The Labute approximate surface area is 152 Å². The number of aromatic nitrogens is 2. The summed E-state index contributed by atoms with van der Waals surface area (Å²) in [6.45, 7) is 2.55. The van der Waals surface area contributed by atoms with Gasteiger partial charge in [0.2, 0.25) is 5.95 Å². The molecule has 0 aliphatic carbocycles. The molecule has 0 bridgehead atoms. The van der Waals surface area contributed by atoms with E-state index in [0.29, 0.717) is 18.3 Å². The summed E-state index contributed by atoms with van der Waals surface area (Å²) in [5.74, 6) is 2.03. The topological polar surface area (TPSA) is 59.1 Å². The smallest absolute Gasteiger partial charge is 0.225 e. The molecule has 0 spiro atoms. The summed E-state index contributed by atoms with van der Waals surface area (Å²) in [4.78, 5) is 8.95. The Bertz CT molecular complexity index is 852. The van der Waals surface area contributed by atoms with Gasteiger partial charge in [0.1, 0.15) is 11.6 Å². The third kappa shape index (κ3) is 4.61. The number of aryl methyl sites for hydroxylation is 1. The Morgan fingerprint density at radius 3 is 2.56 bits per heavy atom. The van der Waals surface area contributed by atoms with E-state index in [1.165, 1.54) is 0 Å². The van der Waals surface area contributed by atoms with Crippen LogP contribution in [-0.4, -0.2) is 17.1 Å². The normalized spacial score (nSPS) is 10.4. The number of hydrogen-bond donors (Lipinski definition) is 2. The minimum absolute atomic E-state index is 0.562. The van der Waals surface area contributed by atoms with Crippen molar-refractivity contribution in [2.24, 2.45) is 0 Å². The highest BCUT2D eigenvalue weighted by Crippen LogP contribution is 2.26. The van der Waals surface area contributed by atoms with E-state index in [2.05, 4.69) is 20.6 Å². The molecule has 0 fully saturated rings. The van der Waals surface area contributed by atoms with Gasteiger partial charge >= 0.3 is 0 Å². The van der Waals surface area contributed by atoms with E-state index in [-0.39, 0.29) is 0 Å². The van der Waals surface area contributed by atoms with Crippen molar-refractivity contribution >= 4 is 29.1 Å². The lowest BCUT2D eigenvalue weighted by atomic mass is 10.2. The van der Waals surface area contributed by atoms with Crippen LogP contribution >= 0.6 is 11.6 Å². The second-order valence-corrected chi connectivity index (χ2v) is 5.96. The molecule has 0 amide bonds. The Balaban J connectivity index is 1.75. The van der Waals surface area contributed by atoms with Gasteiger partial charge in [0.25, 0.3) is 0 Å². The van der Waals surface area contributed by atoms with Gasteiger partial charge in [-0.1, -0.05) is 35.9 Å². The van der Waals surface area contributed by atoms with Crippen LogP contribution in [0.2, 0.25) is 5.02 Å². The van der Waals surface area contributed by atoms with Crippen LogP contribution < -0.4 is 15.4 Å². The molecule has 3 rings (SSSR count). The van der Waals surface area contributed by atoms with Gasteiger partial charge in [0, 0.05) is 23.3 Å². The van der Waals surface area contributed by atoms with Gasteiger partial charge in [-0.25, -0.2) is 4.98 Å². The number of nitrogens with one attached hydrogen (secondary N) is 2. The predicted octanol–water partition coefficient (Wildman–Crippen LogP) is 4.80. The highest BCUT2D eigenvalue weighted by molar-refractivity contribution is 6.30. The second kappa shape index (κ2) is 7.85. The summed E-state index contributed by atoms with van der Waals surface area (Å²) < 4.78 is 5.36. The maximum atomic E-state index is 5.91. The van der Waals surface area contributed by atoms with E-state index in [1.807, 2.05) is 61.5 Å². The fraction of sp³-hybridized carbons (Fsp3) is 0.158. The molecule has 0 aliphatic rings. The largest absolute Gasteiger partial charge is 0.495 e. The molecule has 2 N–H and O–H groups in total. The van der Waals surface area contributed by atoms with Crippen molar-refractivity contribution < 1.29 is 4.74 Å². The first-order valence-electron chi connectivity index (χ1n) is 7.88. The standard InChI is InChI=1S/C19H19ClN4O/c1-13-11-18(23-16-5-3-4-6-17(16)25-2)24-19(22-13)21-12-14-7-9-15(20)10-8-14/h3-11H,12H2,1-2H3,(H2,21,22,23,24). The molecule has 0 saturated carbocycles. The van der Waals surface area contributed by atoms with E-state index in [4.69, 9.17) is 16.3 Å². The second-order valence-electron chi connectivity index (χ2n) is 5.52. The number of hydrogen-bond acceptors (Lipinski definition) is 5. The summed E-state index contributed by atoms with van der Waals surface area (Å²) in [7, 11) is 1.64. The highest BCUT2D eigenvalue weighted by Gasteiger charge is 2.06. The van der Waals surface area contributed by atoms with Crippen LogP contribution in [0.4, 0.5) is 17.5 Å². The van der Waals surface area contributed by atoms with Gasteiger partial charge < -0.3 is 15.4 Å².